The van der Waals surface area contributed by atoms with E-state index < -0.39 is 11.9 Å². The lowest BCUT2D eigenvalue weighted by Crippen LogP contribution is -2.27. The number of hydrogen-bond donors (Lipinski definition) is 2. The molecule has 1 unspecified atom stereocenters. The van der Waals surface area contributed by atoms with Gasteiger partial charge in [-0.2, -0.15) is 0 Å². The highest BCUT2D eigenvalue weighted by atomic mass is 35.5. The second kappa shape index (κ2) is 4.24. The summed E-state index contributed by atoms with van der Waals surface area (Å²) in [6, 6.07) is 3.62. The normalized spacial score (nSPS) is 12.2. The molecular weight excluding hydrogens is 191 g/mol. The maximum Gasteiger partial charge on any atom is 0.130 e. The van der Waals surface area contributed by atoms with E-state index in [1.165, 1.54) is 12.1 Å². The van der Waals surface area contributed by atoms with E-state index in [4.69, 9.17) is 23.9 Å². The molecule has 0 fully saturated rings. The quantitative estimate of drug-likeness (QED) is 0.431. The molecule has 0 spiro atoms. The van der Waals surface area contributed by atoms with Crippen LogP contribution in [0.15, 0.2) is 18.2 Å². The van der Waals surface area contributed by atoms with E-state index in [1.807, 2.05) is 0 Å². The smallest absolute Gasteiger partial charge is 0.130 e. The Bertz CT molecular complexity index is 346. The predicted octanol–water partition coefficient (Wildman–Crippen LogP) is 1.62. The summed E-state index contributed by atoms with van der Waals surface area (Å²) in [6.07, 6.45) is 5.13. The summed E-state index contributed by atoms with van der Waals surface area (Å²) < 4.78 is 13.2. The molecule has 1 aromatic carbocycles. The van der Waals surface area contributed by atoms with Crippen molar-refractivity contribution in [3.63, 3.8) is 0 Å². The Morgan fingerprint density at radius 2 is 2.31 bits per heavy atom. The number of rotatable bonds is 2. The molecule has 0 bridgehead atoms. The maximum atomic E-state index is 13.2. The van der Waals surface area contributed by atoms with Crippen molar-refractivity contribution in [2.24, 2.45) is 5.84 Å². The van der Waals surface area contributed by atoms with Crippen LogP contribution in [0.25, 0.3) is 0 Å². The molecule has 0 aliphatic heterocycles. The van der Waals surface area contributed by atoms with Crippen LogP contribution in [0.3, 0.4) is 0 Å². The highest BCUT2D eigenvalue weighted by molar-refractivity contribution is 6.30. The zero-order valence-corrected chi connectivity index (χ0v) is 7.48. The molecule has 0 heterocycles. The fourth-order valence-corrected chi connectivity index (χ4v) is 1.12. The van der Waals surface area contributed by atoms with Crippen molar-refractivity contribution in [2.45, 2.75) is 6.04 Å². The molecule has 0 aliphatic rings. The lowest BCUT2D eigenvalue weighted by Gasteiger charge is -2.10. The van der Waals surface area contributed by atoms with Gasteiger partial charge in [0.25, 0.3) is 0 Å². The van der Waals surface area contributed by atoms with E-state index >= 15 is 0 Å². The summed E-state index contributed by atoms with van der Waals surface area (Å²) in [5, 5.41) is 0.328. The van der Waals surface area contributed by atoms with Crippen LogP contribution in [-0.4, -0.2) is 0 Å². The fourth-order valence-electron chi connectivity index (χ4n) is 0.963. The first kappa shape index (κ1) is 10.0. The lowest BCUT2D eigenvalue weighted by atomic mass is 10.1. The molecule has 0 aliphatic carbocycles. The maximum absolute atomic E-state index is 13.2. The van der Waals surface area contributed by atoms with Gasteiger partial charge >= 0.3 is 0 Å². The van der Waals surface area contributed by atoms with Gasteiger partial charge in [0, 0.05) is 10.6 Å². The van der Waals surface area contributed by atoms with E-state index in [0.29, 0.717) is 10.6 Å². The zero-order chi connectivity index (χ0) is 9.84. The van der Waals surface area contributed by atoms with Gasteiger partial charge in [0.05, 0.1) is 0 Å². The molecule has 0 amide bonds. The number of halogens is 2. The van der Waals surface area contributed by atoms with Gasteiger partial charge in [0.15, 0.2) is 0 Å². The molecular formula is C9H8ClFN2. The molecule has 0 aromatic heterocycles. The summed E-state index contributed by atoms with van der Waals surface area (Å²) in [4.78, 5) is 0. The Hall–Kier alpha value is -1.08. The van der Waals surface area contributed by atoms with Gasteiger partial charge in [0.2, 0.25) is 0 Å². The third-order valence-corrected chi connectivity index (χ3v) is 1.84. The van der Waals surface area contributed by atoms with Crippen LogP contribution in [-0.2, 0) is 0 Å². The molecule has 0 saturated carbocycles. The molecule has 3 N–H and O–H groups in total. The average molecular weight is 199 g/mol. The summed E-state index contributed by atoms with van der Waals surface area (Å²) in [5.74, 6) is 6.97. The highest BCUT2D eigenvalue weighted by Crippen LogP contribution is 2.19. The van der Waals surface area contributed by atoms with E-state index in [-0.39, 0.29) is 0 Å². The lowest BCUT2D eigenvalue weighted by molar-refractivity contribution is 0.575. The van der Waals surface area contributed by atoms with Crippen molar-refractivity contribution in [3.05, 3.63) is 34.6 Å². The molecule has 0 radical (unpaired) electrons. The molecule has 13 heavy (non-hydrogen) atoms. The van der Waals surface area contributed by atoms with Gasteiger partial charge in [-0.05, 0) is 12.1 Å². The fraction of sp³-hybridized carbons (Fsp3) is 0.111. The highest BCUT2D eigenvalue weighted by Gasteiger charge is 2.11. The minimum Gasteiger partial charge on any atom is -0.270 e. The molecule has 1 atom stereocenters. The van der Waals surface area contributed by atoms with Crippen molar-refractivity contribution >= 4 is 11.6 Å². The Morgan fingerprint density at radius 3 is 2.77 bits per heavy atom. The summed E-state index contributed by atoms with van der Waals surface area (Å²) in [6.45, 7) is 0. The van der Waals surface area contributed by atoms with Gasteiger partial charge < -0.3 is 0 Å². The SMILES string of the molecule is C#CC(NN)c1ccc(Cl)cc1F. The van der Waals surface area contributed by atoms with Crippen molar-refractivity contribution < 1.29 is 4.39 Å². The molecule has 1 aromatic rings. The van der Waals surface area contributed by atoms with Gasteiger partial charge in [-0.3, -0.25) is 5.84 Å². The Morgan fingerprint density at radius 1 is 1.62 bits per heavy atom. The second-order valence-corrected chi connectivity index (χ2v) is 2.87. The largest absolute Gasteiger partial charge is 0.270 e. The van der Waals surface area contributed by atoms with Crippen molar-refractivity contribution in [1.82, 2.24) is 5.43 Å². The van der Waals surface area contributed by atoms with Crippen LogP contribution in [0.2, 0.25) is 5.02 Å². The number of terminal acetylenes is 1. The van der Waals surface area contributed by atoms with Crippen LogP contribution in [0.5, 0.6) is 0 Å². The Balaban J connectivity index is 3.09. The van der Waals surface area contributed by atoms with Gasteiger partial charge in [0.1, 0.15) is 11.9 Å². The number of nitrogens with two attached hydrogens (primary N) is 1. The summed E-state index contributed by atoms with van der Waals surface area (Å²) in [7, 11) is 0. The molecule has 0 saturated heterocycles. The molecule has 4 heteroatoms. The van der Waals surface area contributed by atoms with Crippen molar-refractivity contribution in [1.29, 1.82) is 0 Å². The second-order valence-electron chi connectivity index (χ2n) is 2.43. The van der Waals surface area contributed by atoms with E-state index in [2.05, 4.69) is 11.3 Å². The number of hydrazine groups is 1. The Labute approximate surface area is 80.9 Å². The third kappa shape index (κ3) is 2.19. The Kier molecular flexibility index (Phi) is 3.26. The van der Waals surface area contributed by atoms with Crippen molar-refractivity contribution in [3.8, 4) is 12.3 Å². The predicted molar refractivity (Wildman–Crippen MR) is 50.3 cm³/mol. The topological polar surface area (TPSA) is 38.0 Å². The van der Waals surface area contributed by atoms with Gasteiger partial charge in [-0.15, -0.1) is 6.42 Å². The van der Waals surface area contributed by atoms with E-state index in [0.717, 1.165) is 0 Å². The first-order chi connectivity index (χ1) is 6.19. The minimum atomic E-state index is -0.628. The standard InChI is InChI=1S/C9H8ClFN2/c1-2-9(13-12)7-4-3-6(10)5-8(7)11/h1,3-5,9,13H,12H2. The minimum absolute atomic E-state index is 0.314. The van der Waals surface area contributed by atoms with Crippen LogP contribution in [0, 0.1) is 18.2 Å². The first-order valence-electron chi connectivity index (χ1n) is 3.56. The van der Waals surface area contributed by atoms with Crippen molar-refractivity contribution in [2.75, 3.05) is 0 Å². The van der Waals surface area contributed by atoms with Crippen LogP contribution >= 0.6 is 11.6 Å². The summed E-state index contributed by atoms with van der Waals surface area (Å²) >= 11 is 5.56. The number of nitrogens with one attached hydrogen (secondary N) is 1. The van der Waals surface area contributed by atoms with Gasteiger partial charge in [-0.25, -0.2) is 9.82 Å². The summed E-state index contributed by atoms with van der Waals surface area (Å²) in [5.41, 5.74) is 2.62. The van der Waals surface area contributed by atoms with Crippen LogP contribution < -0.4 is 11.3 Å². The number of benzene rings is 1. The molecule has 68 valence electrons. The molecule has 2 nitrogen and oxygen atoms in total. The van der Waals surface area contributed by atoms with Gasteiger partial charge in [-0.1, -0.05) is 23.6 Å². The third-order valence-electron chi connectivity index (χ3n) is 1.61. The monoisotopic (exact) mass is 198 g/mol. The zero-order valence-electron chi connectivity index (χ0n) is 6.72. The van der Waals surface area contributed by atoms with E-state index in [1.54, 1.807) is 6.07 Å². The molecule has 1 rings (SSSR count). The number of hydrogen-bond acceptors (Lipinski definition) is 2. The first-order valence-corrected chi connectivity index (χ1v) is 3.94. The van der Waals surface area contributed by atoms with E-state index in [9.17, 15) is 4.39 Å². The average Bonchev–Trinajstić information content (AvgIpc) is 2.10. The van der Waals surface area contributed by atoms with Crippen LogP contribution in [0.4, 0.5) is 4.39 Å². The van der Waals surface area contributed by atoms with Crippen LogP contribution in [0.1, 0.15) is 11.6 Å².